The van der Waals surface area contributed by atoms with Gasteiger partial charge < -0.3 is 10.1 Å². The molecule has 0 saturated heterocycles. The number of anilines is 1. The molecule has 0 amide bonds. The van der Waals surface area contributed by atoms with Gasteiger partial charge in [-0.25, -0.2) is 4.98 Å². The van der Waals surface area contributed by atoms with E-state index in [9.17, 15) is 0 Å². The highest BCUT2D eigenvalue weighted by Gasteiger charge is 2.15. The molecule has 1 rings (SSSR count). The minimum atomic E-state index is -0.0965. The lowest BCUT2D eigenvalue weighted by Crippen LogP contribution is -2.25. The average molecular weight is 243 g/mol. The number of aryl methyl sites for hydroxylation is 1. The van der Waals surface area contributed by atoms with Gasteiger partial charge in [-0.1, -0.05) is 11.6 Å². The van der Waals surface area contributed by atoms with E-state index >= 15 is 0 Å². The maximum atomic E-state index is 5.79. The Morgan fingerprint density at radius 1 is 1.44 bits per heavy atom. The molecule has 0 saturated carbocycles. The van der Waals surface area contributed by atoms with E-state index < -0.39 is 0 Å². The van der Waals surface area contributed by atoms with Crippen molar-refractivity contribution < 1.29 is 4.74 Å². The van der Waals surface area contributed by atoms with Crippen molar-refractivity contribution in [2.75, 3.05) is 19.0 Å². The van der Waals surface area contributed by atoms with Crippen molar-refractivity contribution in [2.45, 2.75) is 32.8 Å². The highest BCUT2D eigenvalue weighted by atomic mass is 35.5. The second-order valence-corrected chi connectivity index (χ2v) is 4.79. The van der Waals surface area contributed by atoms with E-state index in [4.69, 9.17) is 16.3 Å². The molecule has 16 heavy (non-hydrogen) atoms. The number of hydrogen-bond donors (Lipinski definition) is 1. The monoisotopic (exact) mass is 242 g/mol. The predicted octanol–water partition coefficient (Wildman–Crippen LogP) is 3.27. The first-order valence-electron chi connectivity index (χ1n) is 5.37. The third-order valence-corrected chi connectivity index (χ3v) is 2.86. The fraction of sp³-hybridized carbons (Fsp3) is 0.583. The molecule has 0 fully saturated rings. The lowest BCUT2D eigenvalue weighted by molar-refractivity contribution is 0.0185. The molecule has 90 valence electrons. The van der Waals surface area contributed by atoms with Gasteiger partial charge in [0.05, 0.1) is 17.0 Å². The molecule has 0 radical (unpaired) electrons. The van der Waals surface area contributed by atoms with E-state index in [0.717, 1.165) is 24.3 Å². The predicted molar refractivity (Wildman–Crippen MR) is 68.2 cm³/mol. The lowest BCUT2D eigenvalue weighted by Gasteiger charge is -2.23. The Labute approximate surface area is 102 Å². The zero-order chi connectivity index (χ0) is 12.2. The van der Waals surface area contributed by atoms with Gasteiger partial charge in [0.15, 0.2) is 0 Å². The van der Waals surface area contributed by atoms with Gasteiger partial charge in [-0.3, -0.25) is 0 Å². The number of pyridine rings is 1. The summed E-state index contributed by atoms with van der Waals surface area (Å²) in [4.78, 5) is 4.18. The lowest BCUT2D eigenvalue weighted by atomic mass is 10.1. The molecular formula is C12H19ClN2O. The molecular weight excluding hydrogens is 224 g/mol. The number of rotatable bonds is 5. The van der Waals surface area contributed by atoms with E-state index in [1.807, 2.05) is 13.0 Å². The summed E-state index contributed by atoms with van der Waals surface area (Å²) in [7, 11) is 1.73. The van der Waals surface area contributed by atoms with Crippen LogP contribution in [0.15, 0.2) is 12.1 Å². The second-order valence-electron chi connectivity index (χ2n) is 4.41. The number of hydrogen-bond acceptors (Lipinski definition) is 3. The minimum Gasteiger partial charge on any atom is -0.383 e. The number of nitrogens with one attached hydrogen (secondary N) is 1. The Bertz CT molecular complexity index is 353. The van der Waals surface area contributed by atoms with E-state index in [1.165, 1.54) is 0 Å². The summed E-state index contributed by atoms with van der Waals surface area (Å²) < 4.78 is 5.35. The molecule has 0 aromatic carbocycles. The van der Waals surface area contributed by atoms with E-state index in [-0.39, 0.29) is 5.60 Å². The van der Waals surface area contributed by atoms with Crippen molar-refractivity contribution in [3.05, 3.63) is 23.0 Å². The molecule has 4 heteroatoms. The molecule has 0 atom stereocenters. The first-order valence-corrected chi connectivity index (χ1v) is 5.74. The molecule has 0 aliphatic rings. The fourth-order valence-electron chi connectivity index (χ4n) is 1.32. The van der Waals surface area contributed by atoms with Gasteiger partial charge in [0.2, 0.25) is 0 Å². The molecule has 0 aliphatic heterocycles. The van der Waals surface area contributed by atoms with Gasteiger partial charge in [0, 0.05) is 13.7 Å². The first-order chi connectivity index (χ1) is 7.44. The van der Waals surface area contributed by atoms with Crippen molar-refractivity contribution in [2.24, 2.45) is 0 Å². The zero-order valence-corrected chi connectivity index (χ0v) is 11.1. The second kappa shape index (κ2) is 5.51. The van der Waals surface area contributed by atoms with Crippen LogP contribution >= 0.6 is 11.6 Å². The number of aromatic nitrogens is 1. The summed E-state index contributed by atoms with van der Waals surface area (Å²) in [5.74, 6) is 0. The molecule has 1 aromatic rings. The molecule has 3 nitrogen and oxygen atoms in total. The quantitative estimate of drug-likeness (QED) is 0.805. The van der Waals surface area contributed by atoms with Crippen molar-refractivity contribution in [1.82, 2.24) is 4.98 Å². The summed E-state index contributed by atoms with van der Waals surface area (Å²) in [5.41, 5.74) is 1.85. The van der Waals surface area contributed by atoms with Crippen LogP contribution in [0.5, 0.6) is 0 Å². The minimum absolute atomic E-state index is 0.0965. The van der Waals surface area contributed by atoms with Crippen LogP contribution in [0.1, 0.15) is 26.0 Å². The Morgan fingerprint density at radius 3 is 2.69 bits per heavy atom. The van der Waals surface area contributed by atoms with Gasteiger partial charge >= 0.3 is 0 Å². The van der Waals surface area contributed by atoms with Gasteiger partial charge in [0.1, 0.15) is 5.15 Å². The van der Waals surface area contributed by atoms with Crippen LogP contribution in [-0.4, -0.2) is 24.2 Å². The van der Waals surface area contributed by atoms with Gasteiger partial charge in [-0.05, 0) is 39.3 Å². The standard InChI is InChI=1S/C12H19ClN2O/c1-9-10(5-6-11(13)15-9)14-8-7-12(2,3)16-4/h5-6,14H,7-8H2,1-4H3. The van der Waals surface area contributed by atoms with Crippen molar-refractivity contribution in [3.63, 3.8) is 0 Å². The number of nitrogens with zero attached hydrogens (tertiary/aromatic N) is 1. The third kappa shape index (κ3) is 3.99. The smallest absolute Gasteiger partial charge is 0.129 e. The molecule has 1 aromatic heterocycles. The SMILES string of the molecule is COC(C)(C)CCNc1ccc(Cl)nc1C. The number of methoxy groups -OCH3 is 1. The van der Waals surface area contributed by atoms with Crippen molar-refractivity contribution >= 4 is 17.3 Å². The molecule has 0 unspecified atom stereocenters. The molecule has 0 bridgehead atoms. The Kier molecular flexibility index (Phi) is 4.56. The topological polar surface area (TPSA) is 34.1 Å². The Morgan fingerprint density at radius 2 is 2.12 bits per heavy atom. The van der Waals surface area contributed by atoms with Crippen LogP contribution in [-0.2, 0) is 4.74 Å². The fourth-order valence-corrected chi connectivity index (χ4v) is 1.51. The van der Waals surface area contributed by atoms with Gasteiger partial charge in [-0.2, -0.15) is 0 Å². The molecule has 0 spiro atoms. The normalized spacial score (nSPS) is 11.6. The van der Waals surface area contributed by atoms with E-state index in [2.05, 4.69) is 24.1 Å². The van der Waals surface area contributed by atoms with Gasteiger partial charge in [-0.15, -0.1) is 0 Å². The largest absolute Gasteiger partial charge is 0.383 e. The summed E-state index contributed by atoms with van der Waals surface area (Å²) >= 11 is 5.79. The maximum Gasteiger partial charge on any atom is 0.129 e. The molecule has 0 aliphatic carbocycles. The van der Waals surface area contributed by atoms with Crippen LogP contribution in [0.2, 0.25) is 5.15 Å². The van der Waals surface area contributed by atoms with Crippen molar-refractivity contribution in [1.29, 1.82) is 0 Å². The van der Waals surface area contributed by atoms with Crippen LogP contribution in [0, 0.1) is 6.92 Å². The highest BCUT2D eigenvalue weighted by Crippen LogP contribution is 2.17. The summed E-state index contributed by atoms with van der Waals surface area (Å²) in [5, 5.41) is 3.86. The van der Waals surface area contributed by atoms with Gasteiger partial charge in [0.25, 0.3) is 0 Å². The van der Waals surface area contributed by atoms with Crippen LogP contribution in [0.3, 0.4) is 0 Å². The Hall–Kier alpha value is -0.800. The zero-order valence-electron chi connectivity index (χ0n) is 10.3. The van der Waals surface area contributed by atoms with Crippen LogP contribution in [0.4, 0.5) is 5.69 Å². The van der Waals surface area contributed by atoms with E-state index in [0.29, 0.717) is 5.15 Å². The first kappa shape index (κ1) is 13.3. The number of ether oxygens (including phenoxy) is 1. The summed E-state index contributed by atoms with van der Waals surface area (Å²) in [6, 6.07) is 3.74. The third-order valence-electron chi connectivity index (χ3n) is 2.65. The molecule has 1 heterocycles. The van der Waals surface area contributed by atoms with Crippen LogP contribution < -0.4 is 5.32 Å². The van der Waals surface area contributed by atoms with E-state index in [1.54, 1.807) is 13.2 Å². The molecule has 1 N–H and O–H groups in total. The maximum absolute atomic E-state index is 5.79. The average Bonchev–Trinajstić information content (AvgIpc) is 2.21. The van der Waals surface area contributed by atoms with Crippen LogP contribution in [0.25, 0.3) is 0 Å². The Balaban J connectivity index is 2.49. The summed E-state index contributed by atoms with van der Waals surface area (Å²) in [6.45, 7) is 6.93. The van der Waals surface area contributed by atoms with Crippen molar-refractivity contribution in [3.8, 4) is 0 Å². The highest BCUT2D eigenvalue weighted by molar-refractivity contribution is 6.29. The summed E-state index contributed by atoms with van der Waals surface area (Å²) in [6.07, 6.45) is 0.936. The number of halogens is 1.